The molecule has 1 aromatic carbocycles. The van der Waals surface area contributed by atoms with Crippen molar-refractivity contribution in [3.63, 3.8) is 0 Å². The van der Waals surface area contributed by atoms with Crippen molar-refractivity contribution in [2.75, 3.05) is 6.61 Å². The second kappa shape index (κ2) is 6.10. The third kappa shape index (κ3) is 3.96. The zero-order valence-electron chi connectivity index (χ0n) is 9.14. The number of aliphatic carboxylic acids is 1. The Morgan fingerprint density at radius 1 is 1.41 bits per heavy atom. The van der Waals surface area contributed by atoms with Gasteiger partial charge in [0.25, 0.3) is 0 Å². The van der Waals surface area contributed by atoms with Gasteiger partial charge >= 0.3 is 12.1 Å². The van der Waals surface area contributed by atoms with Crippen LogP contribution >= 0.6 is 11.6 Å². The topological polar surface area (TPSA) is 75.6 Å². The lowest BCUT2D eigenvalue weighted by molar-refractivity contribution is -0.139. The molecule has 0 bridgehead atoms. The van der Waals surface area contributed by atoms with Gasteiger partial charge in [-0.15, -0.1) is 0 Å². The number of carboxylic acid groups (broad SMARTS) is 1. The highest BCUT2D eigenvalue weighted by Crippen LogP contribution is 2.16. The molecule has 0 fully saturated rings. The number of carbonyl (C=O) groups is 2. The van der Waals surface area contributed by atoms with Gasteiger partial charge < -0.3 is 15.2 Å². The van der Waals surface area contributed by atoms with Gasteiger partial charge in [0.15, 0.2) is 6.04 Å². The second-order valence-electron chi connectivity index (χ2n) is 3.19. The molecule has 1 amide bonds. The number of halogens is 1. The predicted octanol–water partition coefficient (Wildman–Crippen LogP) is 2.21. The molecule has 0 heterocycles. The van der Waals surface area contributed by atoms with E-state index in [2.05, 4.69) is 10.1 Å². The van der Waals surface area contributed by atoms with Crippen LogP contribution < -0.4 is 5.32 Å². The number of carboxylic acids is 1. The van der Waals surface area contributed by atoms with Gasteiger partial charge in [0.1, 0.15) is 0 Å². The third-order valence-electron chi connectivity index (χ3n) is 1.99. The van der Waals surface area contributed by atoms with Crippen LogP contribution in [0.2, 0.25) is 5.02 Å². The van der Waals surface area contributed by atoms with E-state index in [1.807, 2.05) is 0 Å². The van der Waals surface area contributed by atoms with Crippen molar-refractivity contribution >= 4 is 23.7 Å². The van der Waals surface area contributed by atoms with E-state index in [0.717, 1.165) is 0 Å². The lowest BCUT2D eigenvalue weighted by Gasteiger charge is -2.14. The molecule has 17 heavy (non-hydrogen) atoms. The lowest BCUT2D eigenvalue weighted by Crippen LogP contribution is -2.34. The molecule has 1 unspecified atom stereocenters. The summed E-state index contributed by atoms with van der Waals surface area (Å²) in [5, 5.41) is 11.8. The molecule has 0 saturated heterocycles. The van der Waals surface area contributed by atoms with Crippen LogP contribution in [0.1, 0.15) is 18.5 Å². The van der Waals surface area contributed by atoms with E-state index in [1.54, 1.807) is 19.1 Å². The molecular formula is C11H12ClNO4. The fourth-order valence-electron chi connectivity index (χ4n) is 1.23. The molecule has 0 aliphatic rings. The maximum Gasteiger partial charge on any atom is 0.408 e. The molecular weight excluding hydrogens is 246 g/mol. The van der Waals surface area contributed by atoms with Crippen LogP contribution in [-0.4, -0.2) is 23.8 Å². The first-order valence-electron chi connectivity index (χ1n) is 4.96. The third-order valence-corrected chi connectivity index (χ3v) is 2.24. The fraction of sp³-hybridized carbons (Fsp3) is 0.273. The number of alkyl carbamates (subject to hydrolysis) is 1. The van der Waals surface area contributed by atoms with Crippen molar-refractivity contribution in [1.82, 2.24) is 5.32 Å². The van der Waals surface area contributed by atoms with Gasteiger partial charge in [0.2, 0.25) is 0 Å². The number of hydrogen-bond donors (Lipinski definition) is 2. The Kier molecular flexibility index (Phi) is 4.78. The lowest BCUT2D eigenvalue weighted by atomic mass is 10.1. The Labute approximate surface area is 103 Å². The Bertz CT molecular complexity index is 404. The van der Waals surface area contributed by atoms with E-state index in [4.69, 9.17) is 16.7 Å². The summed E-state index contributed by atoms with van der Waals surface area (Å²) in [6.45, 7) is 1.82. The van der Waals surface area contributed by atoms with Crippen molar-refractivity contribution in [3.8, 4) is 0 Å². The highest BCUT2D eigenvalue weighted by atomic mass is 35.5. The van der Waals surface area contributed by atoms with Crippen LogP contribution in [0.3, 0.4) is 0 Å². The first kappa shape index (κ1) is 13.3. The molecule has 0 saturated carbocycles. The van der Waals surface area contributed by atoms with E-state index < -0.39 is 18.1 Å². The van der Waals surface area contributed by atoms with Crippen molar-refractivity contribution < 1.29 is 19.4 Å². The molecule has 92 valence electrons. The van der Waals surface area contributed by atoms with Crippen molar-refractivity contribution in [2.45, 2.75) is 13.0 Å². The monoisotopic (exact) mass is 257 g/mol. The Morgan fingerprint density at radius 2 is 2.00 bits per heavy atom. The van der Waals surface area contributed by atoms with Crippen LogP contribution in [0, 0.1) is 0 Å². The van der Waals surface area contributed by atoms with Gasteiger partial charge in [-0.1, -0.05) is 23.7 Å². The summed E-state index contributed by atoms with van der Waals surface area (Å²) in [7, 11) is 0. The Balaban J connectivity index is 2.82. The van der Waals surface area contributed by atoms with Gasteiger partial charge in [-0.25, -0.2) is 9.59 Å². The highest BCUT2D eigenvalue weighted by molar-refractivity contribution is 6.30. The van der Waals surface area contributed by atoms with E-state index in [-0.39, 0.29) is 6.61 Å². The standard InChI is InChI=1S/C11H12ClNO4/c1-2-17-11(16)13-9(10(14)15)7-3-5-8(12)6-4-7/h3-6,9H,2H2,1H3,(H,13,16)(H,14,15). The van der Waals surface area contributed by atoms with Crippen molar-refractivity contribution in [3.05, 3.63) is 34.9 Å². The minimum absolute atomic E-state index is 0.179. The quantitative estimate of drug-likeness (QED) is 0.867. The summed E-state index contributed by atoms with van der Waals surface area (Å²) in [5.41, 5.74) is 0.426. The average Bonchev–Trinajstić information content (AvgIpc) is 2.27. The minimum atomic E-state index is -1.17. The largest absolute Gasteiger partial charge is 0.479 e. The average molecular weight is 258 g/mol. The number of carbonyl (C=O) groups excluding carboxylic acids is 1. The SMILES string of the molecule is CCOC(=O)NC(C(=O)O)c1ccc(Cl)cc1. The molecule has 0 radical (unpaired) electrons. The van der Waals surface area contributed by atoms with Crippen molar-refractivity contribution in [2.24, 2.45) is 0 Å². The van der Waals surface area contributed by atoms with Gasteiger partial charge in [0, 0.05) is 5.02 Å². The number of ether oxygens (including phenoxy) is 1. The smallest absolute Gasteiger partial charge is 0.408 e. The molecule has 0 aliphatic carbocycles. The van der Waals surface area contributed by atoms with Crippen LogP contribution in [0.4, 0.5) is 4.79 Å². The molecule has 0 aliphatic heterocycles. The van der Waals surface area contributed by atoms with Gasteiger partial charge in [-0.2, -0.15) is 0 Å². The number of benzene rings is 1. The van der Waals surface area contributed by atoms with E-state index in [0.29, 0.717) is 10.6 Å². The number of rotatable bonds is 4. The molecule has 6 heteroatoms. The maximum atomic E-state index is 11.2. The van der Waals surface area contributed by atoms with E-state index in [1.165, 1.54) is 12.1 Å². The zero-order chi connectivity index (χ0) is 12.8. The van der Waals surface area contributed by atoms with Gasteiger partial charge in [0.05, 0.1) is 6.61 Å². The normalized spacial score (nSPS) is 11.6. The second-order valence-corrected chi connectivity index (χ2v) is 3.62. The minimum Gasteiger partial charge on any atom is -0.479 e. The predicted molar refractivity (Wildman–Crippen MR) is 62.0 cm³/mol. The molecule has 1 aromatic rings. The molecule has 0 spiro atoms. The molecule has 0 aromatic heterocycles. The number of nitrogens with one attached hydrogen (secondary N) is 1. The summed E-state index contributed by atoms with van der Waals surface area (Å²) >= 11 is 5.69. The molecule has 5 nitrogen and oxygen atoms in total. The number of amides is 1. The molecule has 1 rings (SSSR count). The summed E-state index contributed by atoms with van der Waals surface area (Å²) < 4.78 is 4.63. The Hall–Kier alpha value is -1.75. The first-order chi connectivity index (χ1) is 8.04. The summed E-state index contributed by atoms with van der Waals surface area (Å²) in [5.74, 6) is -1.17. The van der Waals surface area contributed by atoms with Crippen LogP contribution in [0.25, 0.3) is 0 Å². The van der Waals surface area contributed by atoms with Crippen molar-refractivity contribution in [1.29, 1.82) is 0 Å². The molecule has 1 atom stereocenters. The highest BCUT2D eigenvalue weighted by Gasteiger charge is 2.22. The summed E-state index contributed by atoms with van der Waals surface area (Å²) in [6, 6.07) is 5.03. The van der Waals surface area contributed by atoms with E-state index in [9.17, 15) is 9.59 Å². The Morgan fingerprint density at radius 3 is 2.47 bits per heavy atom. The first-order valence-corrected chi connectivity index (χ1v) is 5.34. The van der Waals surface area contributed by atoms with Crippen LogP contribution in [0.5, 0.6) is 0 Å². The van der Waals surface area contributed by atoms with Gasteiger partial charge in [-0.3, -0.25) is 0 Å². The van der Waals surface area contributed by atoms with Gasteiger partial charge in [-0.05, 0) is 24.6 Å². The molecule has 2 N–H and O–H groups in total. The zero-order valence-corrected chi connectivity index (χ0v) is 9.90. The van der Waals surface area contributed by atoms with Crippen LogP contribution in [0.15, 0.2) is 24.3 Å². The maximum absolute atomic E-state index is 11.2. The summed E-state index contributed by atoms with van der Waals surface area (Å²) in [4.78, 5) is 22.2. The van der Waals surface area contributed by atoms with E-state index >= 15 is 0 Å². The number of hydrogen-bond acceptors (Lipinski definition) is 3. The van der Waals surface area contributed by atoms with Crippen LogP contribution in [-0.2, 0) is 9.53 Å². The fourth-order valence-corrected chi connectivity index (χ4v) is 1.36. The summed E-state index contributed by atoms with van der Waals surface area (Å²) in [6.07, 6.45) is -0.769.